The van der Waals surface area contributed by atoms with E-state index in [2.05, 4.69) is 9.69 Å². The van der Waals surface area contributed by atoms with E-state index < -0.39 is 11.6 Å². The second kappa shape index (κ2) is 4.88. The summed E-state index contributed by atoms with van der Waals surface area (Å²) in [5, 5.41) is 11.9. The zero-order valence-corrected chi connectivity index (χ0v) is 10.7. The van der Waals surface area contributed by atoms with Crippen molar-refractivity contribution in [3.05, 3.63) is 40.0 Å². The third kappa shape index (κ3) is 2.28. The maximum absolute atomic E-state index is 13.6. The van der Waals surface area contributed by atoms with Gasteiger partial charge in [0.05, 0.1) is 16.4 Å². The number of anilines is 2. The van der Waals surface area contributed by atoms with Gasteiger partial charge in [-0.2, -0.15) is 9.64 Å². The minimum absolute atomic E-state index is 0.0711. The second-order valence-corrected chi connectivity index (χ2v) is 4.63. The number of aromatic nitrogens is 1. The molecule has 7 heteroatoms. The van der Waals surface area contributed by atoms with Gasteiger partial charge >= 0.3 is 0 Å². The van der Waals surface area contributed by atoms with Crippen LogP contribution in [0, 0.1) is 29.9 Å². The Hall–Kier alpha value is -1.71. The molecule has 0 atom stereocenters. The standard InChI is InChI=1S/C11H6ClF2N3S/c1-5-7(4-15)11(18-17-5)16-10-8(12)2-6(13)3-9(10)14/h2-3,16H,1H3. The van der Waals surface area contributed by atoms with Gasteiger partial charge in [0.15, 0.2) is 5.82 Å². The van der Waals surface area contributed by atoms with Crippen molar-refractivity contribution in [1.29, 1.82) is 5.26 Å². The van der Waals surface area contributed by atoms with Crippen molar-refractivity contribution in [3.8, 4) is 6.07 Å². The molecule has 0 saturated heterocycles. The van der Waals surface area contributed by atoms with Gasteiger partial charge in [-0.1, -0.05) is 11.6 Å². The Morgan fingerprint density at radius 2 is 2.17 bits per heavy atom. The van der Waals surface area contributed by atoms with Gasteiger partial charge in [0.25, 0.3) is 0 Å². The van der Waals surface area contributed by atoms with Crippen molar-refractivity contribution in [2.45, 2.75) is 6.92 Å². The number of benzene rings is 1. The van der Waals surface area contributed by atoms with E-state index in [1.54, 1.807) is 6.92 Å². The van der Waals surface area contributed by atoms with E-state index in [9.17, 15) is 8.78 Å². The fourth-order valence-electron chi connectivity index (χ4n) is 1.36. The van der Waals surface area contributed by atoms with Crippen LogP contribution in [0.2, 0.25) is 5.02 Å². The Balaban J connectivity index is 2.44. The molecule has 0 radical (unpaired) electrons. The number of nitrogens with zero attached hydrogens (tertiary/aromatic N) is 2. The molecule has 0 spiro atoms. The van der Waals surface area contributed by atoms with Gasteiger partial charge in [-0.3, -0.25) is 0 Å². The summed E-state index contributed by atoms with van der Waals surface area (Å²) < 4.78 is 30.4. The first-order valence-corrected chi connectivity index (χ1v) is 5.96. The zero-order valence-electron chi connectivity index (χ0n) is 9.09. The van der Waals surface area contributed by atoms with Crippen LogP contribution in [0.4, 0.5) is 19.5 Å². The van der Waals surface area contributed by atoms with Gasteiger partial charge in [0.2, 0.25) is 0 Å². The number of nitriles is 1. The molecule has 92 valence electrons. The lowest BCUT2D eigenvalue weighted by molar-refractivity contribution is 0.586. The highest BCUT2D eigenvalue weighted by Gasteiger charge is 2.15. The maximum Gasteiger partial charge on any atom is 0.151 e. The molecule has 2 rings (SSSR count). The van der Waals surface area contributed by atoms with Crippen LogP contribution in [-0.2, 0) is 0 Å². The van der Waals surface area contributed by atoms with Crippen LogP contribution in [0.15, 0.2) is 12.1 Å². The van der Waals surface area contributed by atoms with E-state index in [0.717, 1.165) is 17.6 Å². The molecular formula is C11H6ClF2N3S. The smallest absolute Gasteiger partial charge is 0.151 e. The predicted molar refractivity (Wildman–Crippen MR) is 66.2 cm³/mol. The number of rotatable bonds is 2. The van der Waals surface area contributed by atoms with Crippen molar-refractivity contribution in [1.82, 2.24) is 4.37 Å². The largest absolute Gasteiger partial charge is 0.341 e. The molecule has 0 amide bonds. The van der Waals surface area contributed by atoms with Crippen LogP contribution in [0.1, 0.15) is 11.3 Å². The highest BCUT2D eigenvalue weighted by atomic mass is 35.5. The van der Waals surface area contributed by atoms with E-state index in [1.807, 2.05) is 6.07 Å². The molecular weight excluding hydrogens is 280 g/mol. The van der Waals surface area contributed by atoms with Crippen molar-refractivity contribution >= 4 is 33.8 Å². The molecule has 0 aliphatic rings. The molecule has 1 aromatic heterocycles. The number of hydrogen-bond acceptors (Lipinski definition) is 4. The van der Waals surface area contributed by atoms with Gasteiger partial charge in [0.1, 0.15) is 22.5 Å². The summed E-state index contributed by atoms with van der Waals surface area (Å²) >= 11 is 6.76. The van der Waals surface area contributed by atoms with E-state index in [-0.39, 0.29) is 10.7 Å². The van der Waals surface area contributed by atoms with Crippen LogP contribution in [0.3, 0.4) is 0 Å². The Morgan fingerprint density at radius 1 is 1.44 bits per heavy atom. The lowest BCUT2D eigenvalue weighted by atomic mass is 10.2. The van der Waals surface area contributed by atoms with Crippen LogP contribution < -0.4 is 5.32 Å². The summed E-state index contributed by atoms with van der Waals surface area (Å²) in [5.74, 6) is -1.58. The summed E-state index contributed by atoms with van der Waals surface area (Å²) in [7, 11) is 0. The van der Waals surface area contributed by atoms with Crippen molar-refractivity contribution in [2.24, 2.45) is 0 Å². The average Bonchev–Trinajstić information content (AvgIpc) is 2.64. The lowest BCUT2D eigenvalue weighted by Crippen LogP contribution is -1.96. The topological polar surface area (TPSA) is 48.7 Å². The SMILES string of the molecule is Cc1nsc(Nc2c(F)cc(F)cc2Cl)c1C#N. The Morgan fingerprint density at radius 3 is 2.78 bits per heavy atom. The number of aryl methyl sites for hydroxylation is 1. The highest BCUT2D eigenvalue weighted by Crippen LogP contribution is 2.33. The molecule has 1 aromatic carbocycles. The first-order valence-electron chi connectivity index (χ1n) is 4.81. The van der Waals surface area contributed by atoms with Crippen molar-refractivity contribution < 1.29 is 8.78 Å². The van der Waals surface area contributed by atoms with E-state index >= 15 is 0 Å². The van der Waals surface area contributed by atoms with Gasteiger partial charge in [-0.25, -0.2) is 8.78 Å². The lowest BCUT2D eigenvalue weighted by Gasteiger charge is -2.07. The third-order valence-electron chi connectivity index (χ3n) is 2.22. The fourth-order valence-corrected chi connectivity index (χ4v) is 2.36. The number of nitrogens with one attached hydrogen (secondary N) is 1. The molecule has 0 bridgehead atoms. The van der Waals surface area contributed by atoms with Crippen molar-refractivity contribution in [3.63, 3.8) is 0 Å². The van der Waals surface area contributed by atoms with Gasteiger partial charge in [-0.05, 0) is 24.5 Å². The molecule has 1 heterocycles. The Bertz CT molecular complexity index is 625. The fraction of sp³-hybridized carbons (Fsp3) is 0.0909. The molecule has 0 saturated carbocycles. The molecule has 18 heavy (non-hydrogen) atoms. The highest BCUT2D eigenvalue weighted by molar-refractivity contribution is 7.10. The Kier molecular flexibility index (Phi) is 3.45. The molecule has 0 aliphatic heterocycles. The summed E-state index contributed by atoms with van der Waals surface area (Å²) in [6.07, 6.45) is 0. The normalized spacial score (nSPS) is 10.2. The maximum atomic E-state index is 13.6. The second-order valence-electron chi connectivity index (χ2n) is 3.45. The average molecular weight is 286 g/mol. The van der Waals surface area contributed by atoms with Gasteiger partial charge < -0.3 is 5.32 Å². The van der Waals surface area contributed by atoms with Gasteiger partial charge in [0, 0.05) is 6.07 Å². The molecule has 2 aromatic rings. The first kappa shape index (κ1) is 12.7. The van der Waals surface area contributed by atoms with Crippen LogP contribution in [0.5, 0.6) is 0 Å². The molecule has 0 fully saturated rings. The molecule has 0 unspecified atom stereocenters. The zero-order chi connectivity index (χ0) is 13.3. The summed E-state index contributed by atoms with van der Waals surface area (Å²) in [6, 6.07) is 3.67. The van der Waals surface area contributed by atoms with Crippen LogP contribution >= 0.6 is 23.1 Å². The molecule has 1 N–H and O–H groups in total. The van der Waals surface area contributed by atoms with Gasteiger partial charge in [-0.15, -0.1) is 0 Å². The summed E-state index contributed by atoms with van der Waals surface area (Å²) in [4.78, 5) is 0. The first-order chi connectivity index (χ1) is 8.52. The molecule has 3 nitrogen and oxygen atoms in total. The van der Waals surface area contributed by atoms with Crippen LogP contribution in [0.25, 0.3) is 0 Å². The number of halogens is 3. The van der Waals surface area contributed by atoms with Crippen LogP contribution in [-0.4, -0.2) is 4.37 Å². The quantitative estimate of drug-likeness (QED) is 0.907. The van der Waals surface area contributed by atoms with E-state index in [1.165, 1.54) is 0 Å². The third-order valence-corrected chi connectivity index (χ3v) is 3.37. The predicted octanol–water partition coefficient (Wildman–Crippen LogP) is 4.00. The van der Waals surface area contributed by atoms with Crippen molar-refractivity contribution in [2.75, 3.05) is 5.32 Å². The summed E-state index contributed by atoms with van der Waals surface area (Å²) in [5.41, 5.74) is 0.793. The molecule has 0 aliphatic carbocycles. The minimum Gasteiger partial charge on any atom is -0.341 e. The monoisotopic (exact) mass is 285 g/mol. The summed E-state index contributed by atoms with van der Waals surface area (Å²) in [6.45, 7) is 1.67. The van der Waals surface area contributed by atoms with E-state index in [4.69, 9.17) is 16.9 Å². The number of hydrogen-bond donors (Lipinski definition) is 1. The minimum atomic E-state index is -0.824. The Labute approximate surface area is 111 Å². The van der Waals surface area contributed by atoms with E-state index in [0.29, 0.717) is 22.3 Å².